The Balaban J connectivity index is 2.31. The molecule has 0 saturated carbocycles. The molecule has 0 fully saturated rings. The minimum absolute atomic E-state index is 0.595. The van der Waals surface area contributed by atoms with Gasteiger partial charge in [-0.15, -0.1) is 0 Å². The van der Waals surface area contributed by atoms with Crippen LogP contribution in [0.3, 0.4) is 0 Å². The third kappa shape index (κ3) is 3.37. The lowest BCUT2D eigenvalue weighted by Crippen LogP contribution is -2.04. The quantitative estimate of drug-likeness (QED) is 0.703. The van der Waals surface area contributed by atoms with E-state index in [1.807, 2.05) is 24.3 Å². The Morgan fingerprint density at radius 1 is 0.895 bits per heavy atom. The van der Waals surface area contributed by atoms with Crippen LogP contribution in [0.1, 0.15) is 24.5 Å². The Kier molecular flexibility index (Phi) is 3.93. The molecule has 0 N–H and O–H groups in total. The van der Waals surface area contributed by atoms with Crippen LogP contribution in [0.4, 0.5) is 13.2 Å². The number of rotatable bonds is 3. The fourth-order valence-electron chi connectivity index (χ4n) is 2.03. The van der Waals surface area contributed by atoms with Gasteiger partial charge in [-0.2, -0.15) is 13.2 Å². The van der Waals surface area contributed by atoms with E-state index in [1.54, 1.807) is 6.07 Å². The van der Waals surface area contributed by atoms with Crippen LogP contribution in [0.15, 0.2) is 48.5 Å². The minimum Gasteiger partial charge on any atom is -0.166 e. The number of alkyl halides is 3. The van der Waals surface area contributed by atoms with Gasteiger partial charge < -0.3 is 0 Å². The molecule has 100 valence electrons. The van der Waals surface area contributed by atoms with E-state index in [4.69, 9.17) is 0 Å². The van der Waals surface area contributed by atoms with Crippen molar-refractivity contribution >= 4 is 0 Å². The van der Waals surface area contributed by atoms with Crippen molar-refractivity contribution < 1.29 is 13.2 Å². The second-order valence-corrected chi connectivity index (χ2v) is 4.53. The molecule has 0 saturated heterocycles. The van der Waals surface area contributed by atoms with Crippen molar-refractivity contribution in [2.75, 3.05) is 0 Å². The van der Waals surface area contributed by atoms with E-state index >= 15 is 0 Å². The molecule has 19 heavy (non-hydrogen) atoms. The molecule has 0 nitrogen and oxygen atoms in total. The summed E-state index contributed by atoms with van der Waals surface area (Å²) in [5, 5.41) is 0. The Morgan fingerprint density at radius 2 is 1.58 bits per heavy atom. The van der Waals surface area contributed by atoms with Crippen LogP contribution in [0.5, 0.6) is 0 Å². The number of hydrogen-bond acceptors (Lipinski definition) is 0. The van der Waals surface area contributed by atoms with Gasteiger partial charge in [0.2, 0.25) is 0 Å². The molecule has 0 aliphatic rings. The predicted octanol–water partition coefficient (Wildman–Crippen LogP) is 5.32. The van der Waals surface area contributed by atoms with Crippen molar-refractivity contribution in [1.82, 2.24) is 0 Å². The van der Waals surface area contributed by atoms with Crippen LogP contribution in [-0.2, 0) is 12.6 Å². The van der Waals surface area contributed by atoms with Gasteiger partial charge in [0.05, 0.1) is 5.56 Å². The Hall–Kier alpha value is -1.77. The molecule has 0 atom stereocenters. The van der Waals surface area contributed by atoms with E-state index < -0.39 is 11.7 Å². The molecule has 0 aliphatic heterocycles. The monoisotopic (exact) mass is 264 g/mol. The lowest BCUT2D eigenvalue weighted by atomic mass is 10.0. The smallest absolute Gasteiger partial charge is 0.166 e. The van der Waals surface area contributed by atoms with Crippen molar-refractivity contribution in [1.29, 1.82) is 0 Å². The van der Waals surface area contributed by atoms with Gasteiger partial charge in [0.1, 0.15) is 0 Å². The van der Waals surface area contributed by atoms with Gasteiger partial charge in [0.25, 0.3) is 0 Å². The van der Waals surface area contributed by atoms with Gasteiger partial charge in [-0.3, -0.25) is 0 Å². The lowest BCUT2D eigenvalue weighted by molar-refractivity contribution is -0.137. The van der Waals surface area contributed by atoms with Gasteiger partial charge in [-0.05, 0) is 35.2 Å². The minimum atomic E-state index is -4.29. The molecule has 0 amide bonds. The highest BCUT2D eigenvalue weighted by Gasteiger charge is 2.30. The van der Waals surface area contributed by atoms with Crippen molar-refractivity contribution in [3.63, 3.8) is 0 Å². The van der Waals surface area contributed by atoms with Gasteiger partial charge in [0, 0.05) is 0 Å². The first-order chi connectivity index (χ1) is 9.00. The SMILES string of the molecule is CCCc1ccc(-c2cccc(C(F)(F)F)c2)cc1. The molecule has 0 aromatic heterocycles. The third-order valence-corrected chi connectivity index (χ3v) is 3.02. The number of benzene rings is 2. The van der Waals surface area contributed by atoms with Crippen LogP contribution >= 0.6 is 0 Å². The van der Waals surface area contributed by atoms with E-state index in [-0.39, 0.29) is 0 Å². The summed E-state index contributed by atoms with van der Waals surface area (Å²) in [6.07, 6.45) is -2.25. The number of hydrogen-bond donors (Lipinski definition) is 0. The second-order valence-electron chi connectivity index (χ2n) is 4.53. The van der Waals surface area contributed by atoms with Crippen LogP contribution < -0.4 is 0 Å². The summed E-state index contributed by atoms with van der Waals surface area (Å²) >= 11 is 0. The maximum absolute atomic E-state index is 12.6. The van der Waals surface area contributed by atoms with Crippen molar-refractivity contribution in [3.8, 4) is 11.1 Å². The molecule has 0 bridgehead atoms. The van der Waals surface area contributed by atoms with Crippen molar-refractivity contribution in [2.45, 2.75) is 25.9 Å². The maximum Gasteiger partial charge on any atom is 0.416 e. The summed E-state index contributed by atoms with van der Waals surface area (Å²) in [4.78, 5) is 0. The molecular weight excluding hydrogens is 249 g/mol. The van der Waals surface area contributed by atoms with Gasteiger partial charge in [-0.25, -0.2) is 0 Å². The zero-order chi connectivity index (χ0) is 13.9. The van der Waals surface area contributed by atoms with Crippen LogP contribution in [0.2, 0.25) is 0 Å². The summed E-state index contributed by atoms with van der Waals surface area (Å²) in [6.45, 7) is 2.10. The highest BCUT2D eigenvalue weighted by atomic mass is 19.4. The number of halogens is 3. The standard InChI is InChI=1S/C16H15F3/c1-2-4-12-7-9-13(10-8-12)14-5-3-6-15(11-14)16(17,18)19/h3,5-11H,2,4H2,1H3. The van der Waals surface area contributed by atoms with Crippen LogP contribution in [-0.4, -0.2) is 0 Å². The van der Waals surface area contributed by atoms with Gasteiger partial charge >= 0.3 is 6.18 Å². The molecule has 0 unspecified atom stereocenters. The average Bonchev–Trinajstić information content (AvgIpc) is 2.39. The summed E-state index contributed by atoms with van der Waals surface area (Å²) in [6, 6.07) is 13.1. The molecular formula is C16H15F3. The molecule has 0 spiro atoms. The lowest BCUT2D eigenvalue weighted by Gasteiger charge is -2.09. The first kappa shape index (κ1) is 13.7. The molecule has 2 rings (SSSR count). The highest BCUT2D eigenvalue weighted by molar-refractivity contribution is 5.64. The summed E-state index contributed by atoms with van der Waals surface area (Å²) < 4.78 is 37.9. The molecule has 2 aromatic carbocycles. The Morgan fingerprint density at radius 3 is 2.16 bits per heavy atom. The van der Waals surface area contributed by atoms with Gasteiger partial charge in [0.15, 0.2) is 0 Å². The predicted molar refractivity (Wildman–Crippen MR) is 70.9 cm³/mol. The van der Waals surface area contributed by atoms with Crippen LogP contribution in [0, 0.1) is 0 Å². The first-order valence-corrected chi connectivity index (χ1v) is 6.27. The second kappa shape index (κ2) is 5.47. The van der Waals surface area contributed by atoms with Crippen LogP contribution in [0.25, 0.3) is 11.1 Å². The molecule has 0 aliphatic carbocycles. The number of aryl methyl sites for hydroxylation is 1. The van der Waals surface area contributed by atoms with E-state index in [0.717, 1.165) is 24.5 Å². The third-order valence-electron chi connectivity index (χ3n) is 3.02. The van der Waals surface area contributed by atoms with E-state index in [2.05, 4.69) is 6.92 Å². The molecule has 0 radical (unpaired) electrons. The van der Waals surface area contributed by atoms with Crippen molar-refractivity contribution in [2.24, 2.45) is 0 Å². The Labute approximate surface area is 110 Å². The molecule has 2 aromatic rings. The largest absolute Gasteiger partial charge is 0.416 e. The maximum atomic E-state index is 12.6. The average molecular weight is 264 g/mol. The fourth-order valence-corrected chi connectivity index (χ4v) is 2.03. The van der Waals surface area contributed by atoms with E-state index in [1.165, 1.54) is 17.7 Å². The first-order valence-electron chi connectivity index (χ1n) is 6.27. The van der Waals surface area contributed by atoms with E-state index in [0.29, 0.717) is 5.56 Å². The Bertz CT molecular complexity index is 539. The summed E-state index contributed by atoms with van der Waals surface area (Å²) in [7, 11) is 0. The zero-order valence-electron chi connectivity index (χ0n) is 10.7. The zero-order valence-corrected chi connectivity index (χ0v) is 10.7. The normalized spacial score (nSPS) is 11.6. The molecule has 0 heterocycles. The van der Waals surface area contributed by atoms with Crippen molar-refractivity contribution in [3.05, 3.63) is 59.7 Å². The highest BCUT2D eigenvalue weighted by Crippen LogP contribution is 2.32. The van der Waals surface area contributed by atoms with E-state index in [9.17, 15) is 13.2 Å². The van der Waals surface area contributed by atoms with Gasteiger partial charge in [-0.1, -0.05) is 49.7 Å². The topological polar surface area (TPSA) is 0 Å². The fraction of sp³-hybridized carbons (Fsp3) is 0.250. The molecule has 3 heteroatoms. The summed E-state index contributed by atoms with van der Waals surface area (Å²) in [5.74, 6) is 0. The summed E-state index contributed by atoms with van der Waals surface area (Å²) in [5.41, 5.74) is 2.00.